The molecule has 0 aromatic heterocycles. The van der Waals surface area contributed by atoms with E-state index in [4.69, 9.17) is 4.74 Å². The molecule has 0 amide bonds. The van der Waals surface area contributed by atoms with Crippen LogP contribution in [0.5, 0.6) is 0 Å². The zero-order valence-corrected chi connectivity index (χ0v) is 11.0. The molecule has 0 heterocycles. The van der Waals surface area contributed by atoms with E-state index in [-0.39, 0.29) is 11.5 Å². The SMILES string of the molecule is COC(=O)C(c1cccc(C(C)(F)F)c1)C(C)C. The van der Waals surface area contributed by atoms with Gasteiger partial charge in [0, 0.05) is 12.5 Å². The van der Waals surface area contributed by atoms with Gasteiger partial charge in [-0.2, -0.15) is 0 Å². The molecule has 0 aliphatic carbocycles. The molecule has 0 saturated carbocycles. The van der Waals surface area contributed by atoms with E-state index in [0.29, 0.717) is 5.56 Å². The third kappa shape index (κ3) is 3.28. The zero-order chi connectivity index (χ0) is 13.9. The molecule has 0 spiro atoms. The second-order valence-corrected chi connectivity index (χ2v) is 4.76. The van der Waals surface area contributed by atoms with Crippen molar-refractivity contribution >= 4 is 5.97 Å². The summed E-state index contributed by atoms with van der Waals surface area (Å²) in [4.78, 5) is 11.7. The van der Waals surface area contributed by atoms with Gasteiger partial charge in [0.25, 0.3) is 5.92 Å². The summed E-state index contributed by atoms with van der Waals surface area (Å²) in [5.41, 5.74) is 0.477. The van der Waals surface area contributed by atoms with Crippen LogP contribution in [0.4, 0.5) is 8.78 Å². The molecule has 1 rings (SSSR count). The van der Waals surface area contributed by atoms with Crippen molar-refractivity contribution in [3.8, 4) is 0 Å². The fourth-order valence-corrected chi connectivity index (χ4v) is 1.93. The molecule has 0 bridgehead atoms. The van der Waals surface area contributed by atoms with E-state index in [0.717, 1.165) is 6.92 Å². The molecule has 0 saturated heterocycles. The lowest BCUT2D eigenvalue weighted by molar-refractivity contribution is -0.143. The lowest BCUT2D eigenvalue weighted by atomic mass is 9.87. The topological polar surface area (TPSA) is 26.3 Å². The van der Waals surface area contributed by atoms with E-state index < -0.39 is 17.8 Å². The maximum Gasteiger partial charge on any atom is 0.313 e. The normalized spacial score (nSPS) is 13.5. The average molecular weight is 256 g/mol. The molecule has 0 aliphatic rings. The molecule has 1 aromatic rings. The highest BCUT2D eigenvalue weighted by atomic mass is 19.3. The molecule has 100 valence electrons. The van der Waals surface area contributed by atoms with Crippen molar-refractivity contribution in [1.29, 1.82) is 0 Å². The van der Waals surface area contributed by atoms with Gasteiger partial charge < -0.3 is 4.74 Å². The van der Waals surface area contributed by atoms with Crippen LogP contribution in [-0.4, -0.2) is 13.1 Å². The molecule has 18 heavy (non-hydrogen) atoms. The Balaban J connectivity index is 3.18. The highest BCUT2D eigenvalue weighted by molar-refractivity contribution is 5.78. The van der Waals surface area contributed by atoms with Gasteiger partial charge in [0.1, 0.15) is 0 Å². The standard InChI is InChI=1S/C14H18F2O2/c1-9(2)12(13(17)18-4)10-6-5-7-11(8-10)14(3,15)16/h5-9,12H,1-4H3. The molecule has 4 heteroatoms. The predicted molar refractivity (Wildman–Crippen MR) is 65.6 cm³/mol. The maximum atomic E-state index is 13.3. The Bertz CT molecular complexity index is 422. The van der Waals surface area contributed by atoms with Gasteiger partial charge >= 0.3 is 5.97 Å². The number of carbonyl (C=O) groups excluding carboxylic acids is 1. The van der Waals surface area contributed by atoms with Crippen LogP contribution in [0.3, 0.4) is 0 Å². The van der Waals surface area contributed by atoms with Gasteiger partial charge in [-0.05, 0) is 17.5 Å². The minimum atomic E-state index is -2.91. The van der Waals surface area contributed by atoms with Crippen molar-refractivity contribution in [2.45, 2.75) is 32.6 Å². The molecular weight excluding hydrogens is 238 g/mol. The van der Waals surface area contributed by atoms with Gasteiger partial charge in [0.2, 0.25) is 0 Å². The molecule has 1 atom stereocenters. The third-order valence-electron chi connectivity index (χ3n) is 2.87. The van der Waals surface area contributed by atoms with Crippen LogP contribution in [0.1, 0.15) is 37.8 Å². The third-order valence-corrected chi connectivity index (χ3v) is 2.87. The lowest BCUT2D eigenvalue weighted by Crippen LogP contribution is -2.20. The highest BCUT2D eigenvalue weighted by Crippen LogP contribution is 2.32. The van der Waals surface area contributed by atoms with Crippen LogP contribution in [0.25, 0.3) is 0 Å². The number of methoxy groups -OCH3 is 1. The average Bonchev–Trinajstić information content (AvgIpc) is 2.27. The zero-order valence-electron chi connectivity index (χ0n) is 11.0. The Hall–Kier alpha value is -1.45. The summed E-state index contributed by atoms with van der Waals surface area (Å²) in [7, 11) is 1.30. The minimum Gasteiger partial charge on any atom is -0.469 e. The first-order chi connectivity index (χ1) is 8.27. The number of ether oxygens (including phenoxy) is 1. The fourth-order valence-electron chi connectivity index (χ4n) is 1.93. The number of benzene rings is 1. The molecule has 0 radical (unpaired) electrons. The maximum absolute atomic E-state index is 13.3. The van der Waals surface area contributed by atoms with Crippen LogP contribution < -0.4 is 0 Å². The number of alkyl halides is 2. The molecular formula is C14H18F2O2. The lowest BCUT2D eigenvalue weighted by Gasteiger charge is -2.20. The van der Waals surface area contributed by atoms with Crippen molar-refractivity contribution in [2.24, 2.45) is 5.92 Å². The number of hydrogen-bond donors (Lipinski definition) is 0. The quantitative estimate of drug-likeness (QED) is 0.768. The van der Waals surface area contributed by atoms with Gasteiger partial charge in [0.15, 0.2) is 0 Å². The number of carbonyl (C=O) groups is 1. The van der Waals surface area contributed by atoms with E-state index >= 15 is 0 Å². The van der Waals surface area contributed by atoms with E-state index in [2.05, 4.69) is 0 Å². The predicted octanol–water partition coefficient (Wildman–Crippen LogP) is 3.71. The van der Waals surface area contributed by atoms with Crippen LogP contribution in [0, 0.1) is 5.92 Å². The van der Waals surface area contributed by atoms with Gasteiger partial charge in [0.05, 0.1) is 13.0 Å². The van der Waals surface area contributed by atoms with E-state index in [1.165, 1.54) is 19.2 Å². The monoisotopic (exact) mass is 256 g/mol. The molecule has 0 aliphatic heterocycles. The number of halogens is 2. The van der Waals surface area contributed by atoms with Gasteiger partial charge in [-0.15, -0.1) is 0 Å². The number of hydrogen-bond acceptors (Lipinski definition) is 2. The molecule has 0 fully saturated rings. The second kappa shape index (κ2) is 5.46. The van der Waals surface area contributed by atoms with Crippen LogP contribution in [-0.2, 0) is 15.5 Å². The minimum absolute atomic E-state index is 0.0156. The first-order valence-electron chi connectivity index (χ1n) is 5.83. The summed E-state index contributed by atoms with van der Waals surface area (Å²) >= 11 is 0. The van der Waals surface area contributed by atoms with Crippen molar-refractivity contribution in [1.82, 2.24) is 0 Å². The van der Waals surface area contributed by atoms with Crippen LogP contribution >= 0.6 is 0 Å². The first kappa shape index (κ1) is 14.6. The van der Waals surface area contributed by atoms with Gasteiger partial charge in [-0.3, -0.25) is 4.79 Å². The first-order valence-corrected chi connectivity index (χ1v) is 5.83. The summed E-state index contributed by atoms with van der Waals surface area (Å²) in [5.74, 6) is -3.84. The van der Waals surface area contributed by atoms with E-state index in [1.54, 1.807) is 12.1 Å². The fraction of sp³-hybridized carbons (Fsp3) is 0.500. The van der Waals surface area contributed by atoms with Crippen molar-refractivity contribution < 1.29 is 18.3 Å². The molecule has 0 N–H and O–H groups in total. The Kier molecular flexibility index (Phi) is 4.43. The molecule has 2 nitrogen and oxygen atoms in total. The van der Waals surface area contributed by atoms with Crippen LogP contribution in [0.2, 0.25) is 0 Å². The summed E-state index contributed by atoms with van der Waals surface area (Å²) in [6.07, 6.45) is 0. The number of rotatable bonds is 4. The molecule has 1 aromatic carbocycles. The Morgan fingerprint density at radius 1 is 1.33 bits per heavy atom. The Morgan fingerprint density at radius 3 is 2.39 bits per heavy atom. The van der Waals surface area contributed by atoms with E-state index in [9.17, 15) is 13.6 Å². The second-order valence-electron chi connectivity index (χ2n) is 4.76. The van der Waals surface area contributed by atoms with Gasteiger partial charge in [-0.1, -0.05) is 32.0 Å². The number of esters is 1. The Morgan fingerprint density at radius 2 is 1.94 bits per heavy atom. The van der Waals surface area contributed by atoms with Crippen molar-refractivity contribution in [3.05, 3.63) is 35.4 Å². The van der Waals surface area contributed by atoms with E-state index in [1.807, 2.05) is 13.8 Å². The summed E-state index contributed by atoms with van der Waals surface area (Å²) in [5, 5.41) is 0. The Labute approximate surface area is 106 Å². The summed E-state index contributed by atoms with van der Waals surface area (Å²) in [6.45, 7) is 4.56. The molecule has 1 unspecified atom stereocenters. The van der Waals surface area contributed by atoms with Crippen molar-refractivity contribution in [3.63, 3.8) is 0 Å². The smallest absolute Gasteiger partial charge is 0.313 e. The van der Waals surface area contributed by atoms with Gasteiger partial charge in [-0.25, -0.2) is 8.78 Å². The van der Waals surface area contributed by atoms with Crippen molar-refractivity contribution in [2.75, 3.05) is 7.11 Å². The summed E-state index contributed by atoms with van der Waals surface area (Å²) < 4.78 is 31.3. The highest BCUT2D eigenvalue weighted by Gasteiger charge is 2.29. The summed E-state index contributed by atoms with van der Waals surface area (Å²) in [6, 6.07) is 5.96. The van der Waals surface area contributed by atoms with Crippen LogP contribution in [0.15, 0.2) is 24.3 Å². The largest absolute Gasteiger partial charge is 0.469 e.